The molecule has 2 atom stereocenters. The summed E-state index contributed by atoms with van der Waals surface area (Å²) < 4.78 is 33.6. The summed E-state index contributed by atoms with van der Waals surface area (Å²) >= 11 is 0. The first-order chi connectivity index (χ1) is 24.9. The highest BCUT2D eigenvalue weighted by Gasteiger charge is 2.41. The molecule has 0 aliphatic carbocycles. The van der Waals surface area contributed by atoms with E-state index in [0.29, 0.717) is 6.54 Å². The third-order valence-corrected chi connectivity index (χ3v) is 14.7. The van der Waals surface area contributed by atoms with Gasteiger partial charge in [-0.3, -0.25) is 19.2 Å². The second-order valence-electron chi connectivity index (χ2n) is 14.7. The van der Waals surface area contributed by atoms with Crippen LogP contribution in [-0.4, -0.2) is 89.0 Å². The number of H-pyrrole nitrogens is 1. The van der Waals surface area contributed by atoms with E-state index < -0.39 is 37.5 Å². The number of benzene rings is 3. The molecule has 1 aliphatic heterocycles. The lowest BCUT2D eigenvalue weighted by molar-refractivity contribution is -0.132. The minimum atomic E-state index is -2.24. The number of hydrogen-bond donors (Lipinski definition) is 2. The molecular weight excluding hydrogens is 677 g/mol. The van der Waals surface area contributed by atoms with Crippen molar-refractivity contribution < 1.29 is 23.4 Å². The fourth-order valence-corrected chi connectivity index (χ4v) is 7.16. The molecule has 1 aliphatic rings. The predicted molar refractivity (Wildman–Crippen MR) is 206 cm³/mol. The van der Waals surface area contributed by atoms with E-state index in [1.165, 1.54) is 16.8 Å². The lowest BCUT2D eigenvalue weighted by atomic mass is 9.80. The lowest BCUT2D eigenvalue weighted by Gasteiger charge is -2.40. The van der Waals surface area contributed by atoms with Gasteiger partial charge >= 0.3 is 5.69 Å². The average Bonchev–Trinajstić information content (AvgIpc) is 3.14. The number of piperazine rings is 1. The Morgan fingerprint density at radius 1 is 0.769 bits per heavy atom. The largest absolute Gasteiger partial charge is 0.497 e. The molecule has 0 amide bonds. The van der Waals surface area contributed by atoms with E-state index in [1.807, 2.05) is 66.7 Å². The van der Waals surface area contributed by atoms with Crippen LogP contribution in [0.1, 0.15) is 43.7 Å². The van der Waals surface area contributed by atoms with E-state index in [2.05, 4.69) is 61.2 Å². The van der Waals surface area contributed by atoms with Crippen molar-refractivity contribution >= 4 is 8.32 Å². The van der Waals surface area contributed by atoms with Gasteiger partial charge in [-0.15, -0.1) is 0 Å². The van der Waals surface area contributed by atoms with Crippen molar-refractivity contribution in [2.24, 2.45) is 0 Å². The first-order valence-corrected chi connectivity index (χ1v) is 20.8. The summed E-state index contributed by atoms with van der Waals surface area (Å²) in [6.45, 7) is 15.1. The van der Waals surface area contributed by atoms with Crippen molar-refractivity contribution in [2.75, 3.05) is 60.2 Å². The van der Waals surface area contributed by atoms with Gasteiger partial charge in [-0.05, 0) is 59.1 Å². The third-order valence-electron chi connectivity index (χ3n) is 10.2. The SMILES string of the molecule is COc1ccc(C(OC[C@H](CO[Si](C)(C)C(C)(C)C)O[C@H](CN2CCNCC2)n2ccc(=O)[nH]c2=O)(c2ccccc2)c2ccc(OC)cc2)cc1. The molecule has 12 heteroatoms. The minimum absolute atomic E-state index is 0.0472. The highest BCUT2D eigenvalue weighted by Crippen LogP contribution is 2.42. The van der Waals surface area contributed by atoms with Gasteiger partial charge in [0.05, 0.1) is 27.4 Å². The van der Waals surface area contributed by atoms with Crippen LogP contribution in [0.5, 0.6) is 11.5 Å². The maximum atomic E-state index is 13.3. The Bertz CT molecular complexity index is 1770. The smallest absolute Gasteiger partial charge is 0.330 e. The van der Waals surface area contributed by atoms with Crippen LogP contribution in [0.25, 0.3) is 0 Å². The van der Waals surface area contributed by atoms with Crippen molar-refractivity contribution in [3.8, 4) is 11.5 Å². The molecule has 5 rings (SSSR count). The number of ether oxygens (including phenoxy) is 4. The maximum Gasteiger partial charge on any atom is 0.330 e. The molecule has 0 radical (unpaired) electrons. The number of rotatable bonds is 16. The predicted octanol–water partition coefficient (Wildman–Crippen LogP) is 5.37. The lowest BCUT2D eigenvalue weighted by Crippen LogP contribution is -2.49. The molecule has 0 unspecified atom stereocenters. The normalized spacial score (nSPS) is 15.6. The van der Waals surface area contributed by atoms with E-state index in [0.717, 1.165) is 54.4 Å². The summed E-state index contributed by atoms with van der Waals surface area (Å²) in [5.41, 5.74) is 0.624. The van der Waals surface area contributed by atoms with E-state index in [-0.39, 0.29) is 18.3 Å². The zero-order valence-corrected chi connectivity index (χ0v) is 32.5. The zero-order valence-electron chi connectivity index (χ0n) is 31.5. The standard InChI is InChI=1S/C40H54N4O7Si/c1-39(2,3)52(6,7)50-29-35(51-37(27-43-25-22-41-23-26-43)44-24-21-36(45)42-38(44)46)28-49-40(30-11-9-8-10-12-30,31-13-17-33(47-4)18-14-31)32-15-19-34(48-5)20-16-32/h8-21,24,35,37,41H,22-23,25-29H2,1-7H3,(H,42,45,46)/t35-,37-/m1/s1. The van der Waals surface area contributed by atoms with E-state index >= 15 is 0 Å². The fourth-order valence-electron chi connectivity index (χ4n) is 6.12. The van der Waals surface area contributed by atoms with Crippen molar-refractivity contribution in [3.05, 3.63) is 129 Å². The van der Waals surface area contributed by atoms with Gasteiger partial charge in [0.15, 0.2) is 14.5 Å². The molecule has 4 aromatic rings. The van der Waals surface area contributed by atoms with E-state index in [1.54, 1.807) is 14.2 Å². The fraction of sp³-hybridized carbons (Fsp3) is 0.450. The molecule has 1 fully saturated rings. The van der Waals surface area contributed by atoms with Gasteiger partial charge in [0, 0.05) is 45.0 Å². The van der Waals surface area contributed by atoms with Crippen molar-refractivity contribution in [3.63, 3.8) is 0 Å². The van der Waals surface area contributed by atoms with Gasteiger partial charge in [-0.2, -0.15) is 0 Å². The van der Waals surface area contributed by atoms with Gasteiger partial charge in [-0.1, -0.05) is 75.4 Å². The Balaban J connectivity index is 1.60. The maximum absolute atomic E-state index is 13.3. The van der Waals surface area contributed by atoms with Crippen LogP contribution in [-0.2, 0) is 19.5 Å². The number of methoxy groups -OCH3 is 2. The highest BCUT2D eigenvalue weighted by molar-refractivity contribution is 6.74. The second-order valence-corrected chi connectivity index (χ2v) is 19.5. The molecule has 2 heterocycles. The van der Waals surface area contributed by atoms with Gasteiger partial charge < -0.3 is 28.7 Å². The summed E-state index contributed by atoms with van der Waals surface area (Å²) in [6.07, 6.45) is 0.163. The van der Waals surface area contributed by atoms with Crippen LogP contribution < -0.4 is 26.0 Å². The molecule has 1 aromatic heterocycles. The number of aromatic nitrogens is 2. The number of nitrogens with zero attached hydrogens (tertiary/aromatic N) is 2. The Morgan fingerprint density at radius 3 is 1.85 bits per heavy atom. The van der Waals surface area contributed by atoms with Gasteiger partial charge in [-0.25, -0.2) is 4.79 Å². The van der Waals surface area contributed by atoms with E-state index in [4.69, 9.17) is 23.4 Å². The molecule has 52 heavy (non-hydrogen) atoms. The van der Waals surface area contributed by atoms with Crippen LogP contribution in [0.2, 0.25) is 18.1 Å². The van der Waals surface area contributed by atoms with Crippen LogP contribution >= 0.6 is 0 Å². The Morgan fingerprint density at radius 2 is 1.33 bits per heavy atom. The third kappa shape index (κ3) is 9.30. The minimum Gasteiger partial charge on any atom is -0.497 e. The highest BCUT2D eigenvalue weighted by atomic mass is 28.4. The summed E-state index contributed by atoms with van der Waals surface area (Å²) in [6, 6.07) is 27.3. The Kier molecular flexibility index (Phi) is 12.9. The number of nitrogens with one attached hydrogen (secondary N) is 2. The van der Waals surface area contributed by atoms with Crippen molar-refractivity contribution in [1.82, 2.24) is 19.8 Å². The first-order valence-electron chi connectivity index (χ1n) is 17.9. The molecule has 2 N–H and O–H groups in total. The molecule has 3 aromatic carbocycles. The van der Waals surface area contributed by atoms with Crippen LogP contribution in [0.15, 0.2) is 101 Å². The summed E-state index contributed by atoms with van der Waals surface area (Å²) in [5.74, 6) is 1.46. The Hall–Kier alpha value is -4.04. The zero-order chi connectivity index (χ0) is 37.4. The summed E-state index contributed by atoms with van der Waals surface area (Å²) in [5, 5.41) is 3.34. The van der Waals surface area contributed by atoms with Crippen LogP contribution in [0.4, 0.5) is 0 Å². The first kappa shape index (κ1) is 39.2. The monoisotopic (exact) mass is 730 g/mol. The van der Waals surface area contributed by atoms with Crippen LogP contribution in [0.3, 0.4) is 0 Å². The van der Waals surface area contributed by atoms with Crippen LogP contribution in [0, 0.1) is 0 Å². The average molecular weight is 731 g/mol. The second kappa shape index (κ2) is 17.2. The Labute approximate surface area is 308 Å². The molecule has 0 spiro atoms. The quantitative estimate of drug-likeness (QED) is 0.116. The van der Waals surface area contributed by atoms with Gasteiger partial charge in [0.1, 0.15) is 23.2 Å². The van der Waals surface area contributed by atoms with Gasteiger partial charge in [0.2, 0.25) is 0 Å². The summed E-state index contributed by atoms with van der Waals surface area (Å²) in [4.78, 5) is 30.0. The van der Waals surface area contributed by atoms with Crippen molar-refractivity contribution in [2.45, 2.75) is 56.8 Å². The molecule has 0 bridgehead atoms. The van der Waals surface area contributed by atoms with Crippen molar-refractivity contribution in [1.29, 1.82) is 0 Å². The molecule has 280 valence electrons. The summed E-state index contributed by atoms with van der Waals surface area (Å²) in [7, 11) is 1.05. The van der Waals surface area contributed by atoms with E-state index in [9.17, 15) is 9.59 Å². The van der Waals surface area contributed by atoms with Gasteiger partial charge in [0.25, 0.3) is 5.56 Å². The number of hydrogen-bond acceptors (Lipinski definition) is 9. The molecule has 0 saturated carbocycles. The molecule has 1 saturated heterocycles. The topological polar surface area (TPSA) is 116 Å². The number of aromatic amines is 1. The molecule has 11 nitrogen and oxygen atoms in total. The molecular formula is C40H54N4O7Si.